The summed E-state index contributed by atoms with van der Waals surface area (Å²) in [6, 6.07) is 6.58. The van der Waals surface area contributed by atoms with Gasteiger partial charge in [0.1, 0.15) is 0 Å². The summed E-state index contributed by atoms with van der Waals surface area (Å²) in [6.45, 7) is 1.58. The molecule has 0 bridgehead atoms. The maximum Gasteiger partial charge on any atom is 0.341 e. The lowest BCUT2D eigenvalue weighted by atomic mass is 10.2. The Morgan fingerprint density at radius 3 is 2.84 bits per heavy atom. The SMILES string of the molecule is CCOc1cc(/C=N/NC(=O)c2cccs2)cc(Cl)c1OCC(=O)O. The van der Waals surface area contributed by atoms with Crippen LogP contribution in [0.4, 0.5) is 0 Å². The van der Waals surface area contributed by atoms with Crippen molar-refractivity contribution in [1.29, 1.82) is 0 Å². The molecule has 0 radical (unpaired) electrons. The molecule has 0 aliphatic heterocycles. The molecule has 1 heterocycles. The summed E-state index contributed by atoms with van der Waals surface area (Å²) in [7, 11) is 0. The lowest BCUT2D eigenvalue weighted by Gasteiger charge is -2.13. The first kappa shape index (κ1) is 18.8. The van der Waals surface area contributed by atoms with Crippen molar-refractivity contribution in [3.8, 4) is 11.5 Å². The number of carboxylic acids is 1. The number of hydrogen-bond donors (Lipinski definition) is 2. The highest BCUT2D eigenvalue weighted by atomic mass is 35.5. The molecule has 7 nitrogen and oxygen atoms in total. The predicted molar refractivity (Wildman–Crippen MR) is 95.1 cm³/mol. The second kappa shape index (κ2) is 9.05. The monoisotopic (exact) mass is 382 g/mol. The Kier molecular flexibility index (Phi) is 6.79. The summed E-state index contributed by atoms with van der Waals surface area (Å²) in [5.74, 6) is -1.00. The number of carbonyl (C=O) groups excluding carboxylic acids is 1. The fourth-order valence-electron chi connectivity index (χ4n) is 1.83. The van der Waals surface area contributed by atoms with Crippen LogP contribution in [0.25, 0.3) is 0 Å². The van der Waals surface area contributed by atoms with Gasteiger partial charge < -0.3 is 14.6 Å². The number of carboxylic acid groups (broad SMARTS) is 1. The standard InChI is InChI=1S/C16H15ClN2O5S/c1-2-23-12-7-10(6-11(17)15(12)24-9-14(20)21)8-18-19-16(22)13-4-3-5-25-13/h3-8H,2,9H2,1H3,(H,19,22)(H,20,21)/b18-8+. The van der Waals surface area contributed by atoms with Crippen LogP contribution < -0.4 is 14.9 Å². The van der Waals surface area contributed by atoms with Crippen molar-refractivity contribution in [2.24, 2.45) is 5.10 Å². The molecule has 0 saturated carbocycles. The zero-order chi connectivity index (χ0) is 18.2. The lowest BCUT2D eigenvalue weighted by molar-refractivity contribution is -0.139. The highest BCUT2D eigenvalue weighted by molar-refractivity contribution is 7.12. The van der Waals surface area contributed by atoms with Crippen LogP contribution >= 0.6 is 22.9 Å². The summed E-state index contributed by atoms with van der Waals surface area (Å²) in [4.78, 5) is 23.0. The molecule has 1 aromatic heterocycles. The molecule has 0 aliphatic rings. The number of carbonyl (C=O) groups is 2. The van der Waals surface area contributed by atoms with Gasteiger partial charge in [0.15, 0.2) is 18.1 Å². The molecule has 0 spiro atoms. The van der Waals surface area contributed by atoms with Gasteiger partial charge in [-0.2, -0.15) is 5.10 Å². The molecule has 0 atom stereocenters. The van der Waals surface area contributed by atoms with Gasteiger partial charge >= 0.3 is 5.97 Å². The van der Waals surface area contributed by atoms with E-state index in [-0.39, 0.29) is 16.7 Å². The first-order valence-electron chi connectivity index (χ1n) is 7.19. The number of nitrogens with zero attached hydrogens (tertiary/aromatic N) is 1. The number of aliphatic carboxylic acids is 1. The highest BCUT2D eigenvalue weighted by Crippen LogP contribution is 2.36. The van der Waals surface area contributed by atoms with Crippen molar-refractivity contribution in [3.05, 3.63) is 45.1 Å². The summed E-state index contributed by atoms with van der Waals surface area (Å²) in [5, 5.41) is 14.6. The van der Waals surface area contributed by atoms with Crippen molar-refractivity contribution in [2.45, 2.75) is 6.92 Å². The normalized spacial score (nSPS) is 10.6. The molecule has 0 fully saturated rings. The summed E-state index contributed by atoms with van der Waals surface area (Å²) < 4.78 is 10.6. The molecule has 2 rings (SSSR count). The van der Waals surface area contributed by atoms with Crippen molar-refractivity contribution in [3.63, 3.8) is 0 Å². The van der Waals surface area contributed by atoms with Crippen LogP contribution in [0.5, 0.6) is 11.5 Å². The molecule has 2 N–H and O–H groups in total. The average Bonchev–Trinajstić information content (AvgIpc) is 3.08. The number of nitrogens with one attached hydrogen (secondary N) is 1. The van der Waals surface area contributed by atoms with Crippen LogP contribution in [0.3, 0.4) is 0 Å². The van der Waals surface area contributed by atoms with Gasteiger partial charge in [0.2, 0.25) is 0 Å². The molecule has 2 aromatic rings. The third kappa shape index (κ3) is 5.47. The van der Waals surface area contributed by atoms with Gasteiger partial charge in [-0.1, -0.05) is 17.7 Å². The van der Waals surface area contributed by atoms with Gasteiger partial charge in [-0.15, -0.1) is 11.3 Å². The number of rotatable bonds is 8. The van der Waals surface area contributed by atoms with Crippen molar-refractivity contribution in [1.82, 2.24) is 5.43 Å². The summed E-state index contributed by atoms with van der Waals surface area (Å²) >= 11 is 7.44. The van der Waals surface area contributed by atoms with Gasteiger partial charge in [0.05, 0.1) is 22.7 Å². The smallest absolute Gasteiger partial charge is 0.341 e. The molecule has 132 valence electrons. The Morgan fingerprint density at radius 1 is 1.40 bits per heavy atom. The molecule has 9 heteroatoms. The number of hydrazone groups is 1. The van der Waals surface area contributed by atoms with Crippen LogP contribution in [0.2, 0.25) is 5.02 Å². The fraction of sp³-hybridized carbons (Fsp3) is 0.188. The minimum Gasteiger partial charge on any atom is -0.490 e. The number of ether oxygens (including phenoxy) is 2. The zero-order valence-corrected chi connectivity index (χ0v) is 14.8. The average molecular weight is 383 g/mol. The largest absolute Gasteiger partial charge is 0.490 e. The number of halogens is 1. The first-order chi connectivity index (χ1) is 12.0. The van der Waals surface area contributed by atoms with Gasteiger partial charge in [-0.3, -0.25) is 4.79 Å². The minimum atomic E-state index is -1.12. The number of thiophene rings is 1. The Morgan fingerprint density at radius 2 is 2.20 bits per heavy atom. The van der Waals surface area contributed by atoms with Crippen LogP contribution in [-0.4, -0.2) is 36.4 Å². The highest BCUT2D eigenvalue weighted by Gasteiger charge is 2.13. The van der Waals surface area contributed by atoms with Crippen LogP contribution in [0, 0.1) is 0 Å². The van der Waals surface area contributed by atoms with E-state index < -0.39 is 12.6 Å². The van der Waals surface area contributed by atoms with Crippen LogP contribution in [-0.2, 0) is 4.79 Å². The summed E-state index contributed by atoms with van der Waals surface area (Å²) in [6.07, 6.45) is 1.40. The van der Waals surface area contributed by atoms with Gasteiger partial charge in [0.25, 0.3) is 5.91 Å². The molecule has 0 aliphatic carbocycles. The number of hydrogen-bond acceptors (Lipinski definition) is 6. The van der Waals surface area contributed by atoms with E-state index in [1.54, 1.807) is 30.5 Å². The second-order valence-corrected chi connectivity index (χ2v) is 5.98. The quantitative estimate of drug-likeness (QED) is 0.540. The third-order valence-electron chi connectivity index (χ3n) is 2.80. The maximum absolute atomic E-state index is 11.8. The van der Waals surface area contributed by atoms with Gasteiger partial charge in [-0.25, -0.2) is 10.2 Å². The second-order valence-electron chi connectivity index (χ2n) is 4.62. The van der Waals surface area contributed by atoms with E-state index in [0.717, 1.165) is 0 Å². The van der Waals surface area contributed by atoms with E-state index in [1.807, 2.05) is 0 Å². The topological polar surface area (TPSA) is 97.2 Å². The van der Waals surface area contributed by atoms with E-state index >= 15 is 0 Å². The van der Waals surface area contributed by atoms with E-state index in [0.29, 0.717) is 22.8 Å². The molecule has 1 amide bonds. The van der Waals surface area contributed by atoms with Crippen molar-refractivity contribution >= 4 is 41.0 Å². The van der Waals surface area contributed by atoms with Crippen molar-refractivity contribution < 1.29 is 24.2 Å². The van der Waals surface area contributed by atoms with Crippen LogP contribution in [0.1, 0.15) is 22.2 Å². The van der Waals surface area contributed by atoms with Crippen molar-refractivity contribution in [2.75, 3.05) is 13.2 Å². The summed E-state index contributed by atoms with van der Waals surface area (Å²) in [5.41, 5.74) is 2.97. The van der Waals surface area contributed by atoms with Gasteiger partial charge in [-0.05, 0) is 36.1 Å². The Hall–Kier alpha value is -2.58. The number of benzene rings is 1. The van der Waals surface area contributed by atoms with E-state index in [4.69, 9.17) is 26.2 Å². The molecule has 0 saturated heterocycles. The fourth-order valence-corrected chi connectivity index (χ4v) is 2.71. The van der Waals surface area contributed by atoms with E-state index in [2.05, 4.69) is 10.5 Å². The molecular weight excluding hydrogens is 368 g/mol. The minimum absolute atomic E-state index is 0.144. The molecule has 25 heavy (non-hydrogen) atoms. The van der Waals surface area contributed by atoms with Gasteiger partial charge in [0, 0.05) is 0 Å². The molecule has 1 aromatic carbocycles. The third-order valence-corrected chi connectivity index (χ3v) is 3.95. The number of amides is 1. The first-order valence-corrected chi connectivity index (χ1v) is 8.45. The lowest BCUT2D eigenvalue weighted by Crippen LogP contribution is -2.16. The van der Waals surface area contributed by atoms with Crippen LogP contribution in [0.15, 0.2) is 34.7 Å². The Bertz CT molecular complexity index is 777. The molecular formula is C16H15ClN2O5S. The Labute approximate surface area is 152 Å². The maximum atomic E-state index is 11.8. The Balaban J connectivity index is 2.13. The molecule has 0 unspecified atom stereocenters. The predicted octanol–water partition coefficient (Wildman–Crippen LogP) is 3.03. The zero-order valence-electron chi connectivity index (χ0n) is 13.2. The van der Waals surface area contributed by atoms with E-state index in [9.17, 15) is 9.59 Å². The van der Waals surface area contributed by atoms with E-state index in [1.165, 1.54) is 23.6 Å².